The van der Waals surface area contributed by atoms with Crippen LogP contribution in [0.4, 0.5) is 5.69 Å². The number of hydrogen-bond donors (Lipinski definition) is 4. The summed E-state index contributed by atoms with van der Waals surface area (Å²) in [7, 11) is 0. The van der Waals surface area contributed by atoms with Crippen LogP contribution in [-0.2, 0) is 12.8 Å². The fourth-order valence-corrected chi connectivity index (χ4v) is 8.81. The molecule has 3 aliphatic carbocycles. The lowest BCUT2D eigenvalue weighted by atomic mass is 9.98. The van der Waals surface area contributed by atoms with Crippen molar-refractivity contribution in [2.45, 2.75) is 31.7 Å². The average Bonchev–Trinajstić information content (AvgIpc) is 3.60. The predicted molar refractivity (Wildman–Crippen MR) is 388 cm³/mol. The maximum Gasteiger partial charge on any atom is 0.130 e. The van der Waals surface area contributed by atoms with Crippen LogP contribution in [0.3, 0.4) is 0 Å². The number of hydrogen-bond acceptors (Lipinski definition) is 15. The second-order valence-corrected chi connectivity index (χ2v) is 20.1. The van der Waals surface area contributed by atoms with Crippen molar-refractivity contribution in [3.05, 3.63) is 295 Å². The number of nitrogens with one attached hydrogen (secondary N) is 4. The van der Waals surface area contributed by atoms with Crippen LogP contribution in [0.1, 0.15) is 29.5 Å². The van der Waals surface area contributed by atoms with Crippen molar-refractivity contribution in [1.82, 2.24) is 25.6 Å². The lowest BCUT2D eigenvalue weighted by Gasteiger charge is -2.11. The van der Waals surface area contributed by atoms with Gasteiger partial charge in [-0.15, -0.1) is 5.10 Å². The summed E-state index contributed by atoms with van der Waals surface area (Å²) in [6.45, 7) is 3.72. The van der Waals surface area contributed by atoms with Crippen LogP contribution in [0.25, 0.3) is 38.5 Å². The second-order valence-electron chi connectivity index (χ2n) is 20.1. The molecule has 18 heteroatoms. The quantitative estimate of drug-likeness (QED) is 0.116. The summed E-state index contributed by atoms with van der Waals surface area (Å²) in [6.07, 6.45) is 59.1. The van der Waals surface area contributed by atoms with E-state index in [-0.39, 0.29) is 0 Å². The summed E-state index contributed by atoms with van der Waals surface area (Å²) in [5.41, 5.74) is 9.41. The SMILES string of the molecule is C1=CC2C=NNC2C=C1.C1=CCC=C1.C1=CCN=C1.C1=CN=CC1.C1=CN=NC1.C1=Cc2ccccc2C1.C1=NC=NC1.C1=NN=NC1.C1=Nc2ccccc2C1.c1ccc2[nH]ncc2c1.c1ccc2c(c1)=NCN=2.c1ccc2c[nH]cc2c1.c1ccc2c[nH]cc2c1. The van der Waals surface area contributed by atoms with E-state index in [0.717, 1.165) is 72.6 Å². The van der Waals surface area contributed by atoms with Gasteiger partial charge < -0.3 is 15.4 Å². The number of fused-ring (bicyclic) bond motifs is 7. The number of rotatable bonds is 0. The zero-order valence-electron chi connectivity index (χ0n) is 51.8. The van der Waals surface area contributed by atoms with Crippen LogP contribution >= 0.6 is 0 Å². The fraction of sp³-hybridized carbons (Fsp3) is 0.147. The fourth-order valence-electron chi connectivity index (χ4n) is 8.81. The van der Waals surface area contributed by atoms with E-state index in [1.165, 1.54) is 38.2 Å². The number of H-pyrrole nitrogens is 3. The Labute approximate surface area is 542 Å². The van der Waals surface area contributed by atoms with Gasteiger partial charge in [0.05, 0.1) is 66.6 Å². The number of aromatic nitrogens is 4. The van der Waals surface area contributed by atoms with Crippen molar-refractivity contribution in [3.63, 3.8) is 0 Å². The lowest BCUT2D eigenvalue weighted by Crippen LogP contribution is -2.24. The average molecular weight is 1230 g/mol. The van der Waals surface area contributed by atoms with Crippen LogP contribution in [0.15, 0.2) is 334 Å². The van der Waals surface area contributed by atoms with Crippen molar-refractivity contribution < 1.29 is 0 Å². The zero-order valence-corrected chi connectivity index (χ0v) is 51.8. The highest BCUT2D eigenvalue weighted by Crippen LogP contribution is 2.22. The molecule has 2 atom stereocenters. The molecule has 0 saturated heterocycles. The number of benzene rings is 6. The molecular weight excluding hydrogens is 1150 g/mol. The number of hydrazone groups is 1. The van der Waals surface area contributed by atoms with Gasteiger partial charge in [-0.05, 0) is 92.7 Å². The third-order valence-electron chi connectivity index (χ3n) is 13.5. The van der Waals surface area contributed by atoms with Gasteiger partial charge in [0.2, 0.25) is 0 Å². The van der Waals surface area contributed by atoms with Crippen molar-refractivity contribution in [1.29, 1.82) is 0 Å². The molecule has 9 aromatic rings. The van der Waals surface area contributed by atoms with E-state index in [2.05, 4.69) is 201 Å². The van der Waals surface area contributed by atoms with Crippen LogP contribution in [-0.4, -0.2) is 103 Å². The first-order valence-electron chi connectivity index (χ1n) is 30.6. The molecule has 466 valence electrons. The van der Waals surface area contributed by atoms with Crippen molar-refractivity contribution in [2.75, 3.05) is 32.8 Å². The minimum absolute atomic E-state index is 0.426. The van der Waals surface area contributed by atoms with E-state index in [9.17, 15) is 0 Å². The highest BCUT2D eigenvalue weighted by atomic mass is 15.4. The van der Waals surface area contributed by atoms with Gasteiger partial charge in [0.25, 0.3) is 0 Å². The van der Waals surface area contributed by atoms with Gasteiger partial charge >= 0.3 is 0 Å². The maximum absolute atomic E-state index is 4.17. The second kappa shape index (κ2) is 42.1. The Bertz CT molecular complexity index is 3780. The standard InChI is InChI=1S/C9H8.3C8H7N.C7H6N2.C7H8N2.C7H6N2.C5H6.2C4H5N.2C3H4N2.C2H3N3/c1-2-5-9-7-3-6-8(9)4-1;2*1-2-4-8-6-9-5-7(8)3-1;1-2-4-8-7(3-1)5-6-9-8;1-2-4-7-6(3-1)8-5-9-7;2*1-2-4-7-6(3-1)5-8-9-7;3*1-2-4-5-3-1;1-2-5-3-4-1;2*1-2-4-5-3-1/h1-6H,7H2;2*1-6,9H;1-4,6H,5H2;1-4H,5H2;1-7,9H;1-5H,(H,8,9);1-4H,5H2;1,3-4H,2H2;1-3H,4H2;1,3H,2H2;1-2H,3H2;1H,2H2. The Balaban J connectivity index is 0.000000130. The Morgan fingerprint density at radius 2 is 1.16 bits per heavy atom. The molecule has 8 aliphatic heterocycles. The molecule has 0 fully saturated rings. The molecule has 2 unspecified atom stereocenters. The summed E-state index contributed by atoms with van der Waals surface area (Å²) in [5, 5.41) is 36.3. The Kier molecular flexibility index (Phi) is 30.3. The van der Waals surface area contributed by atoms with Crippen LogP contribution in [0, 0.1) is 5.92 Å². The molecule has 93 heavy (non-hydrogen) atoms. The smallest absolute Gasteiger partial charge is 0.130 e. The third kappa shape index (κ3) is 26.0. The maximum atomic E-state index is 4.17. The van der Waals surface area contributed by atoms with Gasteiger partial charge in [0.15, 0.2) is 0 Å². The topological polar surface area (TPSA) is 233 Å². The monoisotopic (exact) mass is 1230 g/mol. The van der Waals surface area contributed by atoms with Gasteiger partial charge in [-0.2, -0.15) is 25.5 Å². The Morgan fingerprint density at radius 1 is 0.473 bits per heavy atom. The van der Waals surface area contributed by atoms with E-state index in [1.54, 1.807) is 37.4 Å². The minimum Gasteiger partial charge on any atom is -0.366 e. The van der Waals surface area contributed by atoms with E-state index >= 15 is 0 Å². The molecule has 0 saturated carbocycles. The molecule has 0 spiro atoms. The molecule has 0 bridgehead atoms. The molecule has 11 aliphatic rings. The number of para-hydroxylation sites is 4. The molecule has 18 nitrogen and oxygen atoms in total. The van der Waals surface area contributed by atoms with Crippen LogP contribution in [0.5, 0.6) is 0 Å². The number of aromatic amines is 3. The summed E-state index contributed by atoms with van der Waals surface area (Å²) in [6, 6.07) is 49.6. The first kappa shape index (κ1) is 67.0. The number of allylic oxidation sites excluding steroid dienone is 9. The molecule has 3 aromatic heterocycles. The van der Waals surface area contributed by atoms with Gasteiger partial charge in [0, 0.05) is 92.4 Å². The van der Waals surface area contributed by atoms with Gasteiger partial charge in [0.1, 0.15) is 13.0 Å². The molecule has 11 heterocycles. The number of nitrogens with zero attached hydrogens (tertiary/aromatic N) is 14. The van der Waals surface area contributed by atoms with Crippen molar-refractivity contribution >= 4 is 87.8 Å². The molecular formula is C75H76N18. The van der Waals surface area contributed by atoms with E-state index in [1.807, 2.05) is 171 Å². The molecule has 0 amide bonds. The summed E-state index contributed by atoms with van der Waals surface area (Å²) < 4.78 is 0. The summed E-state index contributed by atoms with van der Waals surface area (Å²) >= 11 is 0. The van der Waals surface area contributed by atoms with E-state index < -0.39 is 0 Å². The Morgan fingerprint density at radius 3 is 1.66 bits per heavy atom. The molecule has 6 aromatic carbocycles. The zero-order chi connectivity index (χ0) is 63.9. The number of azo groups is 1. The normalized spacial score (nSPS) is 16.2. The van der Waals surface area contributed by atoms with Crippen LogP contribution < -0.4 is 16.1 Å². The van der Waals surface area contributed by atoms with Gasteiger partial charge in [-0.3, -0.25) is 35.1 Å². The van der Waals surface area contributed by atoms with Crippen molar-refractivity contribution in [3.8, 4) is 0 Å². The first-order valence-corrected chi connectivity index (χ1v) is 30.6. The molecule has 0 radical (unpaired) electrons. The highest BCUT2D eigenvalue weighted by Gasteiger charge is 2.19. The lowest BCUT2D eigenvalue weighted by molar-refractivity contribution is 0.622. The largest absolute Gasteiger partial charge is 0.366 e. The van der Waals surface area contributed by atoms with Gasteiger partial charge in [-0.1, -0.05) is 194 Å². The van der Waals surface area contributed by atoms with Crippen LogP contribution in [0.2, 0.25) is 0 Å². The summed E-state index contributed by atoms with van der Waals surface area (Å²) in [5.74, 6) is 0.495. The molecule has 20 rings (SSSR count). The number of aliphatic imine (C=N–C) groups is 5. The predicted octanol–water partition coefficient (Wildman–Crippen LogP) is 15.3. The third-order valence-corrected chi connectivity index (χ3v) is 13.5. The first-order chi connectivity index (χ1) is 46.3. The highest BCUT2D eigenvalue weighted by molar-refractivity contribution is 5.83. The van der Waals surface area contributed by atoms with E-state index in [0.29, 0.717) is 25.2 Å². The van der Waals surface area contributed by atoms with Gasteiger partial charge in [-0.25, -0.2) is 4.99 Å². The van der Waals surface area contributed by atoms with Crippen molar-refractivity contribution in [2.24, 2.45) is 71.6 Å². The van der Waals surface area contributed by atoms with E-state index in [4.69, 9.17) is 0 Å². The Hall–Kier alpha value is -11.9. The minimum atomic E-state index is 0.426. The summed E-state index contributed by atoms with van der Waals surface area (Å²) in [4.78, 5) is 33.5. The molecule has 4 N–H and O–H groups in total.